The van der Waals surface area contributed by atoms with Crippen molar-refractivity contribution in [3.63, 3.8) is 0 Å². The van der Waals surface area contributed by atoms with Crippen LogP contribution >= 0.6 is 0 Å². The fraction of sp³-hybridized carbons (Fsp3) is 0.633. The highest BCUT2D eigenvalue weighted by Crippen LogP contribution is 2.23. The molecule has 0 radical (unpaired) electrons. The zero-order chi connectivity index (χ0) is 32.4. The van der Waals surface area contributed by atoms with Crippen LogP contribution in [0.5, 0.6) is 0 Å². The minimum atomic E-state index is -1.58. The van der Waals surface area contributed by atoms with Crippen molar-refractivity contribution in [2.24, 2.45) is 16.6 Å². The molecule has 7 N–H and O–H groups in total. The van der Waals surface area contributed by atoms with Crippen LogP contribution in [-0.2, 0) is 4.79 Å². The summed E-state index contributed by atoms with van der Waals surface area (Å²) in [4.78, 5) is 44.4. The van der Waals surface area contributed by atoms with Gasteiger partial charge in [0.05, 0.1) is 11.8 Å². The molecule has 4 rings (SSSR count). The number of nitrogen functional groups attached to an aromatic ring is 1. The van der Waals surface area contributed by atoms with Gasteiger partial charge in [0, 0.05) is 58.3 Å². The lowest BCUT2D eigenvalue weighted by molar-refractivity contribution is -0.128. The van der Waals surface area contributed by atoms with Crippen LogP contribution in [0.4, 0.5) is 16.0 Å². The third-order valence-electron chi connectivity index (χ3n) is 8.24. The summed E-state index contributed by atoms with van der Waals surface area (Å²) in [5.74, 6) is -0.287. The molecule has 0 spiro atoms. The van der Waals surface area contributed by atoms with Crippen LogP contribution in [-0.4, -0.2) is 113 Å². The van der Waals surface area contributed by atoms with Gasteiger partial charge in [0.25, 0.3) is 11.8 Å². The lowest BCUT2D eigenvalue weighted by atomic mass is 10.0. The van der Waals surface area contributed by atoms with E-state index in [2.05, 4.69) is 51.0 Å². The van der Waals surface area contributed by atoms with Crippen molar-refractivity contribution in [3.8, 4) is 0 Å². The van der Waals surface area contributed by atoms with E-state index in [1.807, 2.05) is 0 Å². The number of amides is 2. The van der Waals surface area contributed by atoms with Gasteiger partial charge in [-0.15, -0.1) is 0 Å². The third-order valence-corrected chi connectivity index (χ3v) is 8.24. The molecule has 14 heteroatoms. The first-order valence-electron chi connectivity index (χ1n) is 15.3. The number of nitrogens with zero attached hydrogens (tertiary/aromatic N) is 6. The van der Waals surface area contributed by atoms with Crippen LogP contribution in [0.25, 0.3) is 0 Å². The fourth-order valence-electron chi connectivity index (χ4n) is 5.10. The van der Waals surface area contributed by atoms with Gasteiger partial charge in [-0.25, -0.2) is 14.4 Å². The molecular weight excluding hydrogens is 569 g/mol. The lowest BCUT2D eigenvalue weighted by Crippen LogP contribution is -2.48. The number of amidine groups is 1. The molecule has 13 nitrogen and oxygen atoms in total. The number of rotatable bonds is 11. The first-order chi connectivity index (χ1) is 21.1. The van der Waals surface area contributed by atoms with Crippen molar-refractivity contribution in [1.82, 2.24) is 25.1 Å². The number of carbonyl (C=O) groups excluding carboxylic acids is 2. The molecule has 2 aliphatic heterocycles. The van der Waals surface area contributed by atoms with Gasteiger partial charge >= 0.3 is 0 Å². The summed E-state index contributed by atoms with van der Waals surface area (Å²) in [5.41, 5.74) is 12.0. The fourth-order valence-corrected chi connectivity index (χ4v) is 5.10. The van der Waals surface area contributed by atoms with E-state index in [1.165, 1.54) is 12.2 Å². The normalized spacial score (nSPS) is 22.7. The second-order valence-electron chi connectivity index (χ2n) is 11.5. The smallest absolute Gasteiger partial charge is 0.273 e. The number of likely N-dealkylation sites (tertiary alicyclic amines) is 1. The molecule has 1 aromatic heterocycles. The Hall–Kier alpha value is -3.78. The molecule has 2 fully saturated rings. The molecule has 2 amide bonds. The van der Waals surface area contributed by atoms with E-state index in [0.717, 1.165) is 52.3 Å². The molecule has 2 atom stereocenters. The maximum absolute atomic E-state index is 13.8. The largest absolute Gasteiger partial charge is 0.493 e. The van der Waals surface area contributed by atoms with Gasteiger partial charge in [0.15, 0.2) is 17.7 Å². The van der Waals surface area contributed by atoms with Crippen molar-refractivity contribution in [2.45, 2.75) is 70.6 Å². The molecule has 2 unspecified atom stereocenters. The molecule has 1 aromatic rings. The van der Waals surface area contributed by atoms with E-state index >= 15 is 0 Å². The summed E-state index contributed by atoms with van der Waals surface area (Å²) in [5, 5.41) is 20.2. The molecule has 44 heavy (non-hydrogen) atoms. The average molecular weight is 618 g/mol. The highest BCUT2D eigenvalue weighted by molar-refractivity contribution is 5.97. The monoisotopic (exact) mass is 617 g/mol. The third kappa shape index (κ3) is 9.36. The maximum Gasteiger partial charge on any atom is 0.273 e. The van der Waals surface area contributed by atoms with Gasteiger partial charge < -0.3 is 41.7 Å². The van der Waals surface area contributed by atoms with Crippen molar-refractivity contribution < 1.29 is 24.2 Å². The summed E-state index contributed by atoms with van der Waals surface area (Å²) in [7, 11) is 3.08. The molecule has 1 saturated carbocycles. The summed E-state index contributed by atoms with van der Waals surface area (Å²) < 4.78 is 13.8. The number of aliphatic hydroxyl groups excluding tert-OH is 2. The van der Waals surface area contributed by atoms with E-state index in [0.29, 0.717) is 31.4 Å². The number of piperidine rings is 1. The Kier molecular flexibility index (Phi) is 12.9. The number of likely N-dealkylation sites (N-methyl/N-ethyl adjacent to an activating group) is 1. The van der Waals surface area contributed by atoms with Gasteiger partial charge in [-0.1, -0.05) is 26.3 Å². The molecule has 1 aliphatic carbocycles. The summed E-state index contributed by atoms with van der Waals surface area (Å²) in [6, 6.07) is 0.479. The number of alkyl halides is 1. The Balaban J connectivity index is 0.00000259. The van der Waals surface area contributed by atoms with Gasteiger partial charge in [-0.05, 0) is 44.7 Å². The summed E-state index contributed by atoms with van der Waals surface area (Å²) in [6.07, 6.45) is 7.39. The zero-order valence-electron chi connectivity index (χ0n) is 26.2. The SMILES string of the molecule is CCC(C)CN(CCN(C)C1CCN(C(=O)/C2=C(O)/N=C(/N)C(F)C=CC2)CC1)c1cnc(C(=O)NC2CC2)c(N)n1.CO. The predicted molar refractivity (Wildman–Crippen MR) is 169 cm³/mol. The van der Waals surface area contributed by atoms with Crippen LogP contribution in [0.2, 0.25) is 0 Å². The molecule has 244 valence electrons. The Morgan fingerprint density at radius 2 is 1.86 bits per heavy atom. The second kappa shape index (κ2) is 16.3. The number of hydrogen-bond acceptors (Lipinski definition) is 11. The Morgan fingerprint density at radius 3 is 2.48 bits per heavy atom. The first-order valence-corrected chi connectivity index (χ1v) is 15.3. The summed E-state index contributed by atoms with van der Waals surface area (Å²) in [6.45, 7) is 7.63. The number of carbonyl (C=O) groups is 2. The maximum atomic E-state index is 13.8. The van der Waals surface area contributed by atoms with Crippen molar-refractivity contribution >= 4 is 29.3 Å². The van der Waals surface area contributed by atoms with Gasteiger partial charge in [-0.2, -0.15) is 4.99 Å². The molecular formula is C30H48FN9O4. The Bertz CT molecular complexity index is 1230. The van der Waals surface area contributed by atoms with E-state index in [9.17, 15) is 19.1 Å². The molecule has 3 aliphatic rings. The Morgan fingerprint density at radius 1 is 1.18 bits per heavy atom. The van der Waals surface area contributed by atoms with Crippen molar-refractivity contribution in [3.05, 3.63) is 35.5 Å². The van der Waals surface area contributed by atoms with E-state index in [1.54, 1.807) is 11.1 Å². The highest BCUT2D eigenvalue weighted by atomic mass is 19.1. The average Bonchev–Trinajstić information content (AvgIpc) is 3.84. The Labute approximate surface area is 258 Å². The van der Waals surface area contributed by atoms with Crippen LogP contribution < -0.4 is 21.7 Å². The number of nitrogens with two attached hydrogens (primary N) is 2. The van der Waals surface area contributed by atoms with Crippen molar-refractivity contribution in [2.75, 3.05) is 57.5 Å². The molecule has 3 heterocycles. The zero-order valence-corrected chi connectivity index (χ0v) is 26.2. The van der Waals surface area contributed by atoms with Gasteiger partial charge in [0.2, 0.25) is 5.88 Å². The van der Waals surface area contributed by atoms with E-state index < -0.39 is 12.1 Å². The van der Waals surface area contributed by atoms with Crippen molar-refractivity contribution in [1.29, 1.82) is 0 Å². The van der Waals surface area contributed by atoms with Crippen LogP contribution in [0.3, 0.4) is 0 Å². The van der Waals surface area contributed by atoms with Crippen LogP contribution in [0.1, 0.15) is 62.9 Å². The van der Waals surface area contributed by atoms with Gasteiger partial charge in [0.1, 0.15) is 11.7 Å². The molecule has 1 saturated heterocycles. The number of aliphatic imine (C=N–C) groups is 1. The highest BCUT2D eigenvalue weighted by Gasteiger charge is 2.30. The van der Waals surface area contributed by atoms with Crippen LogP contribution in [0.15, 0.2) is 34.8 Å². The second-order valence-corrected chi connectivity index (χ2v) is 11.5. The van der Waals surface area contributed by atoms with Crippen LogP contribution in [0, 0.1) is 5.92 Å². The quantitative estimate of drug-likeness (QED) is 0.229. The van der Waals surface area contributed by atoms with E-state index in [-0.39, 0.29) is 53.2 Å². The standard InChI is InChI=1S/C29H44FN9O3.CH4O/c1-4-18(2)17-39(23-16-33-24(26(32)35-23)28(41)34-19-8-9-19)15-14-37(3)20-10-12-38(13-11-20)29(42)21-6-5-7-22(30)25(31)36-27(21)40;1-2/h5,7,16,18-20,22,40H,4,6,8-15,17H2,1-3H3,(H2,31,36)(H2,32,35)(H,34,41);2H,1H3/b7-5?,27-21-;. The van der Waals surface area contributed by atoms with E-state index in [4.69, 9.17) is 16.6 Å². The number of allylic oxidation sites excluding steroid dienone is 1. The molecule has 0 bridgehead atoms. The number of halogens is 1. The predicted octanol–water partition coefficient (Wildman–Crippen LogP) is 1.76. The lowest BCUT2D eigenvalue weighted by Gasteiger charge is -2.38. The first kappa shape index (κ1) is 34.7. The topological polar surface area (TPSA) is 187 Å². The minimum absolute atomic E-state index is 0.0906. The number of aliphatic hydroxyl groups is 2. The number of hydrogen-bond donors (Lipinski definition) is 5. The van der Waals surface area contributed by atoms with Gasteiger partial charge in [-0.3, -0.25) is 9.59 Å². The number of aromatic nitrogens is 2. The summed E-state index contributed by atoms with van der Waals surface area (Å²) >= 11 is 0. The number of nitrogens with one attached hydrogen (secondary N) is 1. The minimum Gasteiger partial charge on any atom is -0.493 e. The number of anilines is 2. The molecule has 0 aromatic carbocycles.